The van der Waals surface area contributed by atoms with Crippen LogP contribution in [0.25, 0.3) is 0 Å². The molecule has 6 rings (SSSR count). The maximum absolute atomic E-state index is 7.13. The topological polar surface area (TPSA) is 36.9 Å². The summed E-state index contributed by atoms with van der Waals surface area (Å²) in [5.74, 6) is 1.48. The van der Waals surface area contributed by atoms with Gasteiger partial charge in [-0.2, -0.15) is 0 Å². The van der Waals surface area contributed by atoms with Crippen LogP contribution in [0, 0.1) is 13.8 Å². The van der Waals surface area contributed by atoms with E-state index in [2.05, 4.69) is 50.2 Å². The molecular weight excluding hydrogens is 552 g/mol. The molecule has 1 heterocycles. The molecule has 0 saturated carbocycles. The highest BCUT2D eigenvalue weighted by molar-refractivity contribution is 7.80. The van der Waals surface area contributed by atoms with E-state index in [4.69, 9.17) is 31.6 Å². The van der Waals surface area contributed by atoms with Crippen LogP contribution in [0.15, 0.2) is 140 Å². The summed E-state index contributed by atoms with van der Waals surface area (Å²) in [5.41, 5.74) is 3.99. The summed E-state index contributed by atoms with van der Waals surface area (Å²) in [6, 6.07) is 47.0. The molecule has 0 radical (unpaired) electrons. The first-order chi connectivity index (χ1) is 21.0. The molecule has 5 aromatic carbocycles. The van der Waals surface area contributed by atoms with Crippen molar-refractivity contribution < 1.29 is 18.9 Å². The minimum atomic E-state index is -0.885. The van der Waals surface area contributed by atoms with E-state index in [1.54, 1.807) is 0 Å². The summed E-state index contributed by atoms with van der Waals surface area (Å²) in [6.45, 7) is 4.35. The zero-order valence-corrected chi connectivity index (χ0v) is 25.3. The lowest BCUT2D eigenvalue weighted by atomic mass is 9.80. The normalized spacial score (nSPS) is 20.1. The number of thiol groups is 1. The van der Waals surface area contributed by atoms with Crippen molar-refractivity contribution >= 4 is 12.6 Å². The molecule has 0 bridgehead atoms. The van der Waals surface area contributed by atoms with Gasteiger partial charge in [0, 0.05) is 0 Å². The van der Waals surface area contributed by atoms with Gasteiger partial charge in [-0.1, -0.05) is 126 Å². The first-order valence-electron chi connectivity index (χ1n) is 14.6. The Bertz CT molecular complexity index is 1480. The third-order valence-corrected chi connectivity index (χ3v) is 8.29. The van der Waals surface area contributed by atoms with Crippen molar-refractivity contribution in [1.29, 1.82) is 0 Å². The lowest BCUT2D eigenvalue weighted by molar-refractivity contribution is -0.0696. The van der Waals surface area contributed by atoms with Gasteiger partial charge in [-0.15, -0.1) is 12.6 Å². The Morgan fingerprint density at radius 2 is 0.953 bits per heavy atom. The first-order valence-corrected chi connectivity index (χ1v) is 15.2. The van der Waals surface area contributed by atoms with Gasteiger partial charge in [-0.05, 0) is 54.8 Å². The van der Waals surface area contributed by atoms with Crippen LogP contribution >= 0.6 is 12.6 Å². The highest BCUT2D eigenvalue weighted by Gasteiger charge is 2.49. The fraction of sp³-hybridized carbons (Fsp3) is 0.211. The van der Waals surface area contributed by atoms with Crippen LogP contribution in [-0.2, 0) is 15.1 Å². The second-order valence-corrected chi connectivity index (χ2v) is 11.5. The van der Waals surface area contributed by atoms with E-state index in [1.807, 2.05) is 103 Å². The number of benzene rings is 5. The number of hydrogen-bond acceptors (Lipinski definition) is 5. The SMILES string of the molecule is Cc1ccc(O[C@@H]2[C@@H](Oc3ccc(C)cc3)[C@@H](COC(c3ccccc3)(c3ccccc3)c3ccccc3)O[C@H]2S)cc1. The van der Waals surface area contributed by atoms with Crippen molar-refractivity contribution in [2.75, 3.05) is 6.61 Å². The van der Waals surface area contributed by atoms with Crippen molar-refractivity contribution in [3.63, 3.8) is 0 Å². The molecule has 0 aromatic heterocycles. The molecule has 0 N–H and O–H groups in total. The van der Waals surface area contributed by atoms with E-state index in [0.29, 0.717) is 0 Å². The van der Waals surface area contributed by atoms with E-state index in [9.17, 15) is 0 Å². The third-order valence-electron chi connectivity index (χ3n) is 7.88. The van der Waals surface area contributed by atoms with Crippen LogP contribution in [0.1, 0.15) is 27.8 Å². The van der Waals surface area contributed by atoms with E-state index >= 15 is 0 Å². The minimum absolute atomic E-state index is 0.236. The fourth-order valence-electron chi connectivity index (χ4n) is 5.63. The molecule has 0 aliphatic carbocycles. The van der Waals surface area contributed by atoms with E-state index in [-0.39, 0.29) is 6.61 Å². The van der Waals surface area contributed by atoms with Crippen LogP contribution < -0.4 is 9.47 Å². The third kappa shape index (κ3) is 6.35. The molecule has 4 nitrogen and oxygen atoms in total. The highest BCUT2D eigenvalue weighted by Crippen LogP contribution is 2.42. The van der Waals surface area contributed by atoms with Crippen molar-refractivity contribution in [2.24, 2.45) is 0 Å². The molecule has 218 valence electrons. The number of aryl methyl sites for hydroxylation is 2. The molecule has 1 aliphatic heterocycles. The van der Waals surface area contributed by atoms with Gasteiger partial charge in [-0.25, -0.2) is 0 Å². The van der Waals surface area contributed by atoms with Gasteiger partial charge in [0.25, 0.3) is 0 Å². The predicted octanol–water partition coefficient (Wildman–Crippen LogP) is 8.16. The average Bonchev–Trinajstić information content (AvgIpc) is 3.34. The summed E-state index contributed by atoms with van der Waals surface area (Å²) < 4.78 is 26.7. The van der Waals surface area contributed by atoms with E-state index < -0.39 is 29.3 Å². The quantitative estimate of drug-likeness (QED) is 0.132. The van der Waals surface area contributed by atoms with Crippen LogP contribution in [-0.4, -0.2) is 30.4 Å². The Kier molecular flexibility index (Phi) is 8.85. The minimum Gasteiger partial charge on any atom is -0.484 e. The van der Waals surface area contributed by atoms with Crippen molar-refractivity contribution in [2.45, 2.75) is 43.2 Å². The van der Waals surface area contributed by atoms with Gasteiger partial charge in [0.05, 0.1) is 6.61 Å². The molecule has 43 heavy (non-hydrogen) atoms. The smallest absolute Gasteiger partial charge is 0.173 e. The first kappa shape index (κ1) is 29.1. The summed E-state index contributed by atoms with van der Waals surface area (Å²) in [7, 11) is 0. The summed E-state index contributed by atoms with van der Waals surface area (Å²) in [4.78, 5) is 0. The Labute approximate surface area is 259 Å². The molecule has 1 saturated heterocycles. The monoisotopic (exact) mass is 588 g/mol. The maximum atomic E-state index is 7.13. The molecule has 0 spiro atoms. The van der Waals surface area contributed by atoms with E-state index in [1.165, 1.54) is 0 Å². The molecule has 1 aliphatic rings. The Morgan fingerprint density at radius 1 is 0.558 bits per heavy atom. The standard InChI is InChI=1S/C38H36O4S/c1-27-18-22-32(23-19-27)40-35-34(42-37(43)36(35)41-33-24-20-28(2)21-25-33)26-39-38(29-12-6-3-7-13-29,30-14-8-4-9-15-30)31-16-10-5-11-17-31/h3-25,34-37,43H,26H2,1-2H3/t34-,35+,36-,37+/m1/s1. The molecule has 0 unspecified atom stereocenters. The van der Waals surface area contributed by atoms with Crippen molar-refractivity contribution in [1.82, 2.24) is 0 Å². The van der Waals surface area contributed by atoms with Crippen LogP contribution in [0.2, 0.25) is 0 Å². The molecule has 0 amide bonds. The molecular formula is C38H36O4S. The zero-order valence-electron chi connectivity index (χ0n) is 24.4. The highest BCUT2D eigenvalue weighted by atomic mass is 32.1. The Balaban J connectivity index is 1.37. The van der Waals surface area contributed by atoms with E-state index in [0.717, 1.165) is 39.3 Å². The Hall–Kier alpha value is -4.03. The molecule has 4 atom stereocenters. The van der Waals surface area contributed by atoms with Crippen molar-refractivity contribution in [3.8, 4) is 11.5 Å². The van der Waals surface area contributed by atoms with Crippen LogP contribution in [0.4, 0.5) is 0 Å². The van der Waals surface area contributed by atoms with Crippen molar-refractivity contribution in [3.05, 3.63) is 167 Å². The second kappa shape index (κ2) is 13.1. The Morgan fingerprint density at radius 3 is 1.37 bits per heavy atom. The number of hydrogen-bond donors (Lipinski definition) is 1. The van der Waals surface area contributed by atoms with Gasteiger partial charge in [-0.3, -0.25) is 0 Å². The predicted molar refractivity (Wildman–Crippen MR) is 174 cm³/mol. The molecule has 5 heteroatoms. The fourth-order valence-corrected chi connectivity index (χ4v) is 6.02. The van der Waals surface area contributed by atoms with Crippen LogP contribution in [0.5, 0.6) is 11.5 Å². The second-order valence-electron chi connectivity index (χ2n) is 10.9. The zero-order chi connectivity index (χ0) is 29.6. The summed E-state index contributed by atoms with van der Waals surface area (Å²) in [5, 5.41) is 0. The summed E-state index contributed by atoms with van der Waals surface area (Å²) in [6.07, 6.45) is -1.41. The number of rotatable bonds is 10. The van der Waals surface area contributed by atoms with Crippen LogP contribution in [0.3, 0.4) is 0 Å². The largest absolute Gasteiger partial charge is 0.484 e. The van der Waals surface area contributed by atoms with Gasteiger partial charge in [0.15, 0.2) is 12.2 Å². The van der Waals surface area contributed by atoms with Gasteiger partial charge in [0.2, 0.25) is 0 Å². The van der Waals surface area contributed by atoms with Gasteiger partial charge >= 0.3 is 0 Å². The van der Waals surface area contributed by atoms with Gasteiger partial charge < -0.3 is 18.9 Å². The van der Waals surface area contributed by atoms with Gasteiger partial charge in [0.1, 0.15) is 28.6 Å². The lowest BCUT2D eigenvalue weighted by Gasteiger charge is -2.37. The summed E-state index contributed by atoms with van der Waals surface area (Å²) >= 11 is 4.83. The molecule has 1 fully saturated rings. The molecule has 5 aromatic rings. The maximum Gasteiger partial charge on any atom is 0.173 e. The average molecular weight is 589 g/mol. The lowest BCUT2D eigenvalue weighted by Crippen LogP contribution is -2.44. The number of ether oxygens (including phenoxy) is 4.